The van der Waals surface area contributed by atoms with Crippen LogP contribution < -0.4 is 5.73 Å². The van der Waals surface area contributed by atoms with Crippen molar-refractivity contribution in [3.8, 4) is 0 Å². The van der Waals surface area contributed by atoms with Crippen molar-refractivity contribution in [3.05, 3.63) is 34.9 Å². The summed E-state index contributed by atoms with van der Waals surface area (Å²) < 4.78 is 11.4. The van der Waals surface area contributed by atoms with Gasteiger partial charge >= 0.3 is 0 Å². The fourth-order valence-corrected chi connectivity index (χ4v) is 2.65. The molecule has 1 heterocycles. The van der Waals surface area contributed by atoms with Crippen molar-refractivity contribution < 1.29 is 9.47 Å². The number of ether oxygens (including phenoxy) is 2. The van der Waals surface area contributed by atoms with Crippen LogP contribution in [0.1, 0.15) is 31.4 Å². The van der Waals surface area contributed by atoms with E-state index in [1.54, 1.807) is 0 Å². The Bertz CT molecular complexity index is 368. The lowest BCUT2D eigenvalue weighted by Crippen LogP contribution is -2.48. The van der Waals surface area contributed by atoms with Crippen molar-refractivity contribution in [2.75, 3.05) is 19.8 Å². The summed E-state index contributed by atoms with van der Waals surface area (Å²) in [7, 11) is 0. The first-order chi connectivity index (χ1) is 8.68. The van der Waals surface area contributed by atoms with Crippen LogP contribution in [0.15, 0.2) is 24.3 Å². The minimum Gasteiger partial charge on any atom is -0.381 e. The molecule has 1 unspecified atom stereocenters. The van der Waals surface area contributed by atoms with Crippen LogP contribution in [0.5, 0.6) is 0 Å². The van der Waals surface area contributed by atoms with Crippen molar-refractivity contribution in [1.29, 1.82) is 0 Å². The van der Waals surface area contributed by atoms with Gasteiger partial charge in [0.2, 0.25) is 0 Å². The lowest BCUT2D eigenvalue weighted by molar-refractivity contribution is -0.121. The molecule has 100 valence electrons. The van der Waals surface area contributed by atoms with E-state index in [0.717, 1.165) is 23.4 Å². The number of halogens is 1. The summed E-state index contributed by atoms with van der Waals surface area (Å²) in [6, 6.07) is 7.55. The van der Waals surface area contributed by atoms with E-state index in [4.69, 9.17) is 26.8 Å². The third kappa shape index (κ3) is 2.86. The van der Waals surface area contributed by atoms with E-state index in [1.807, 2.05) is 31.2 Å². The Kier molecular flexibility index (Phi) is 4.62. The predicted octanol–water partition coefficient (Wildman–Crippen LogP) is 2.93. The average molecular weight is 270 g/mol. The number of nitrogens with two attached hydrogens (primary N) is 1. The third-order valence-corrected chi connectivity index (χ3v) is 3.82. The molecule has 0 bridgehead atoms. The number of hydrogen-bond donors (Lipinski definition) is 1. The summed E-state index contributed by atoms with van der Waals surface area (Å²) in [5.74, 6) is 0. The maximum absolute atomic E-state index is 6.42. The molecule has 2 rings (SSSR count). The second kappa shape index (κ2) is 6.02. The summed E-state index contributed by atoms with van der Waals surface area (Å²) >= 11 is 5.91. The zero-order valence-electron chi connectivity index (χ0n) is 10.7. The molecule has 1 atom stereocenters. The molecule has 0 aliphatic carbocycles. The van der Waals surface area contributed by atoms with Crippen LogP contribution in [0.4, 0.5) is 0 Å². The van der Waals surface area contributed by atoms with E-state index in [2.05, 4.69) is 0 Å². The van der Waals surface area contributed by atoms with Crippen LogP contribution in [0.2, 0.25) is 5.02 Å². The number of benzene rings is 1. The molecule has 2 N–H and O–H groups in total. The highest BCUT2D eigenvalue weighted by molar-refractivity contribution is 6.30. The van der Waals surface area contributed by atoms with Gasteiger partial charge in [0.1, 0.15) is 0 Å². The Hall–Kier alpha value is -0.610. The van der Waals surface area contributed by atoms with Crippen molar-refractivity contribution in [3.63, 3.8) is 0 Å². The smallest absolute Gasteiger partial charge is 0.0917 e. The fraction of sp³-hybridized carbons (Fsp3) is 0.571. The fourth-order valence-electron chi connectivity index (χ4n) is 2.52. The summed E-state index contributed by atoms with van der Waals surface area (Å²) in [6.07, 6.45) is 1.68. The topological polar surface area (TPSA) is 44.5 Å². The second-order valence-corrected chi connectivity index (χ2v) is 5.08. The largest absolute Gasteiger partial charge is 0.381 e. The van der Waals surface area contributed by atoms with E-state index in [9.17, 15) is 0 Å². The van der Waals surface area contributed by atoms with Gasteiger partial charge in [0.15, 0.2) is 0 Å². The summed E-state index contributed by atoms with van der Waals surface area (Å²) in [5, 5.41) is 0.725. The molecule has 1 saturated heterocycles. The Balaban J connectivity index is 2.21. The Labute approximate surface area is 113 Å². The maximum atomic E-state index is 6.42. The van der Waals surface area contributed by atoms with Crippen LogP contribution in [0, 0.1) is 0 Å². The van der Waals surface area contributed by atoms with E-state index >= 15 is 0 Å². The molecule has 1 aromatic rings. The molecular formula is C14H20ClNO2. The van der Waals surface area contributed by atoms with Gasteiger partial charge in [-0.1, -0.05) is 23.7 Å². The van der Waals surface area contributed by atoms with E-state index < -0.39 is 0 Å². The van der Waals surface area contributed by atoms with Crippen LogP contribution in [-0.4, -0.2) is 25.4 Å². The van der Waals surface area contributed by atoms with Crippen LogP contribution in [0.25, 0.3) is 0 Å². The highest BCUT2D eigenvalue weighted by Crippen LogP contribution is 2.36. The van der Waals surface area contributed by atoms with E-state index in [0.29, 0.717) is 19.8 Å². The van der Waals surface area contributed by atoms with E-state index in [1.165, 1.54) is 0 Å². The van der Waals surface area contributed by atoms with Crippen LogP contribution in [0.3, 0.4) is 0 Å². The standard InChI is InChI=1S/C14H20ClNO2/c1-2-18-14(7-9-17-10-8-14)13(16)11-3-5-12(15)6-4-11/h3-6,13H,2,7-10,16H2,1H3. The zero-order valence-corrected chi connectivity index (χ0v) is 11.5. The van der Waals surface area contributed by atoms with Crippen molar-refractivity contribution in [1.82, 2.24) is 0 Å². The quantitative estimate of drug-likeness (QED) is 0.914. The van der Waals surface area contributed by atoms with Crippen molar-refractivity contribution in [2.45, 2.75) is 31.4 Å². The normalized spacial score (nSPS) is 20.6. The molecular weight excluding hydrogens is 250 g/mol. The molecule has 1 aliphatic heterocycles. The third-order valence-electron chi connectivity index (χ3n) is 3.57. The highest BCUT2D eigenvalue weighted by Gasteiger charge is 2.40. The minimum atomic E-state index is -0.305. The molecule has 0 radical (unpaired) electrons. The van der Waals surface area contributed by atoms with Gasteiger partial charge in [-0.2, -0.15) is 0 Å². The van der Waals surface area contributed by atoms with Gasteiger partial charge in [0.05, 0.1) is 11.6 Å². The van der Waals surface area contributed by atoms with Crippen LogP contribution >= 0.6 is 11.6 Å². The van der Waals surface area contributed by atoms with Gasteiger partial charge in [-0.05, 0) is 24.6 Å². The minimum absolute atomic E-state index is 0.140. The van der Waals surface area contributed by atoms with Gasteiger partial charge in [0.25, 0.3) is 0 Å². The predicted molar refractivity (Wildman–Crippen MR) is 72.8 cm³/mol. The Morgan fingerprint density at radius 2 is 1.94 bits per heavy atom. The van der Waals surface area contributed by atoms with Gasteiger partial charge < -0.3 is 15.2 Å². The summed E-state index contributed by atoms with van der Waals surface area (Å²) in [5.41, 5.74) is 7.18. The van der Waals surface area contributed by atoms with Gasteiger partial charge in [-0.3, -0.25) is 0 Å². The second-order valence-electron chi connectivity index (χ2n) is 4.64. The first kappa shape index (κ1) is 13.8. The molecule has 0 spiro atoms. The maximum Gasteiger partial charge on any atom is 0.0917 e. The van der Waals surface area contributed by atoms with Crippen molar-refractivity contribution >= 4 is 11.6 Å². The molecule has 0 saturated carbocycles. The molecule has 4 heteroatoms. The first-order valence-electron chi connectivity index (χ1n) is 6.41. The van der Waals surface area contributed by atoms with Gasteiger partial charge in [-0.25, -0.2) is 0 Å². The summed E-state index contributed by atoms with van der Waals surface area (Å²) in [4.78, 5) is 0. The lowest BCUT2D eigenvalue weighted by Gasteiger charge is -2.41. The molecule has 0 amide bonds. The highest BCUT2D eigenvalue weighted by atomic mass is 35.5. The molecule has 1 aromatic carbocycles. The molecule has 1 aliphatic rings. The van der Waals surface area contributed by atoms with Gasteiger partial charge in [0, 0.05) is 37.7 Å². The monoisotopic (exact) mass is 269 g/mol. The van der Waals surface area contributed by atoms with E-state index in [-0.39, 0.29) is 11.6 Å². The number of hydrogen-bond acceptors (Lipinski definition) is 3. The molecule has 18 heavy (non-hydrogen) atoms. The SMILES string of the molecule is CCOC1(C(N)c2ccc(Cl)cc2)CCOCC1. The van der Waals surface area contributed by atoms with Crippen LogP contribution in [-0.2, 0) is 9.47 Å². The van der Waals surface area contributed by atoms with Crippen molar-refractivity contribution in [2.24, 2.45) is 5.73 Å². The molecule has 3 nitrogen and oxygen atoms in total. The Morgan fingerprint density at radius 3 is 2.50 bits per heavy atom. The Morgan fingerprint density at radius 1 is 1.33 bits per heavy atom. The summed E-state index contributed by atoms with van der Waals surface area (Å²) in [6.45, 7) is 4.09. The number of rotatable bonds is 4. The molecule has 0 aromatic heterocycles. The zero-order chi connectivity index (χ0) is 13.0. The average Bonchev–Trinajstić information content (AvgIpc) is 2.40. The lowest BCUT2D eigenvalue weighted by atomic mass is 9.82. The first-order valence-corrected chi connectivity index (χ1v) is 6.78. The molecule has 1 fully saturated rings. The van der Waals surface area contributed by atoms with Gasteiger partial charge in [-0.15, -0.1) is 0 Å².